The Bertz CT molecular complexity index is 304. The minimum absolute atomic E-state index is 0.0793. The molecule has 1 aromatic rings. The maximum absolute atomic E-state index is 11.7. The predicted octanol–water partition coefficient (Wildman–Crippen LogP) is 2.18. The van der Waals surface area contributed by atoms with Crippen LogP contribution in [0.15, 0.2) is 30.3 Å². The van der Waals surface area contributed by atoms with Gasteiger partial charge in [0, 0.05) is 0 Å². The first kappa shape index (κ1) is 11.4. The van der Waals surface area contributed by atoms with Crippen LogP contribution in [-0.2, 0) is 11.3 Å². The summed E-state index contributed by atoms with van der Waals surface area (Å²) in [5.41, 5.74) is 0.810. The Morgan fingerprint density at radius 2 is 2.00 bits per heavy atom. The lowest BCUT2D eigenvalue weighted by Gasteiger charge is -2.06. The molecule has 15 heavy (non-hydrogen) atoms. The summed E-state index contributed by atoms with van der Waals surface area (Å²) in [4.78, 5) is 10.9. The average Bonchev–Trinajstić information content (AvgIpc) is 2.25. The fraction of sp³-hybridized carbons (Fsp3) is 0.300. The van der Waals surface area contributed by atoms with Gasteiger partial charge in [-0.3, -0.25) is 0 Å². The van der Waals surface area contributed by atoms with Gasteiger partial charge in [0.15, 0.2) is 0 Å². The topological polar surface area (TPSA) is 38.3 Å². The van der Waals surface area contributed by atoms with Crippen LogP contribution in [0.25, 0.3) is 0 Å². The van der Waals surface area contributed by atoms with E-state index in [1.165, 1.54) is 0 Å². The lowest BCUT2D eigenvalue weighted by Crippen LogP contribution is -2.28. The second-order valence-corrected chi connectivity index (χ2v) is 2.83. The molecule has 0 aliphatic carbocycles. The Balaban J connectivity index is 2.23. The molecule has 0 fully saturated rings. The van der Waals surface area contributed by atoms with Gasteiger partial charge in [0.2, 0.25) is 0 Å². The van der Waals surface area contributed by atoms with E-state index < -0.39 is 19.1 Å². The molecule has 0 heterocycles. The summed E-state index contributed by atoms with van der Waals surface area (Å²) in [5, 5.41) is 1.94. The molecule has 82 valence electrons. The van der Waals surface area contributed by atoms with Crippen molar-refractivity contribution in [1.82, 2.24) is 5.32 Å². The molecule has 1 N–H and O–H groups in total. The highest BCUT2D eigenvalue weighted by atomic mass is 19.3. The van der Waals surface area contributed by atoms with Crippen molar-refractivity contribution in [2.45, 2.75) is 13.0 Å². The van der Waals surface area contributed by atoms with Crippen LogP contribution in [0.5, 0.6) is 0 Å². The molecule has 3 nitrogen and oxygen atoms in total. The van der Waals surface area contributed by atoms with Crippen molar-refractivity contribution in [3.8, 4) is 0 Å². The molecule has 1 aromatic carbocycles. The Hall–Kier alpha value is -1.65. The Morgan fingerprint density at radius 1 is 1.33 bits per heavy atom. The summed E-state index contributed by atoms with van der Waals surface area (Å²) >= 11 is 0. The molecule has 0 saturated heterocycles. The summed E-state index contributed by atoms with van der Waals surface area (Å²) < 4.78 is 28.1. The minimum Gasteiger partial charge on any atom is -0.445 e. The Kier molecular flexibility index (Phi) is 4.53. The van der Waals surface area contributed by atoms with Crippen molar-refractivity contribution >= 4 is 6.09 Å². The van der Waals surface area contributed by atoms with E-state index in [0.29, 0.717) is 0 Å². The summed E-state index contributed by atoms with van der Waals surface area (Å²) in [7, 11) is 0. The van der Waals surface area contributed by atoms with Gasteiger partial charge in [-0.05, 0) is 5.56 Å². The van der Waals surface area contributed by atoms with Crippen LogP contribution in [0, 0.1) is 0 Å². The van der Waals surface area contributed by atoms with Crippen molar-refractivity contribution in [3.63, 3.8) is 0 Å². The van der Waals surface area contributed by atoms with Crippen LogP contribution in [0.4, 0.5) is 13.6 Å². The summed E-state index contributed by atoms with van der Waals surface area (Å²) in [6.07, 6.45) is -3.39. The molecular formula is C10H11F2NO2. The molecule has 0 aliphatic heterocycles. The third kappa shape index (κ3) is 4.95. The zero-order valence-electron chi connectivity index (χ0n) is 7.95. The normalized spacial score (nSPS) is 10.1. The molecule has 0 unspecified atom stereocenters. The molecule has 0 radical (unpaired) electrons. The minimum atomic E-state index is -2.56. The number of nitrogens with one attached hydrogen (secondary N) is 1. The first-order valence-corrected chi connectivity index (χ1v) is 4.41. The van der Waals surface area contributed by atoms with Crippen molar-refractivity contribution in [2.75, 3.05) is 6.54 Å². The lowest BCUT2D eigenvalue weighted by atomic mass is 10.2. The molecule has 0 saturated carbocycles. The van der Waals surface area contributed by atoms with E-state index in [9.17, 15) is 13.6 Å². The van der Waals surface area contributed by atoms with Gasteiger partial charge in [-0.1, -0.05) is 30.3 Å². The van der Waals surface area contributed by atoms with Gasteiger partial charge in [-0.25, -0.2) is 13.6 Å². The highest BCUT2D eigenvalue weighted by Gasteiger charge is 2.06. The zero-order chi connectivity index (χ0) is 11.1. The second kappa shape index (κ2) is 5.95. The lowest BCUT2D eigenvalue weighted by molar-refractivity contribution is 0.116. The molecule has 0 aromatic heterocycles. The maximum Gasteiger partial charge on any atom is 0.407 e. The third-order valence-corrected chi connectivity index (χ3v) is 1.61. The Morgan fingerprint density at radius 3 is 2.60 bits per heavy atom. The summed E-state index contributed by atoms with van der Waals surface area (Å²) in [6, 6.07) is 8.99. The zero-order valence-corrected chi connectivity index (χ0v) is 7.95. The largest absolute Gasteiger partial charge is 0.445 e. The number of benzene rings is 1. The van der Waals surface area contributed by atoms with Crippen molar-refractivity contribution in [3.05, 3.63) is 35.9 Å². The van der Waals surface area contributed by atoms with Crippen molar-refractivity contribution in [2.24, 2.45) is 0 Å². The number of hydrogen-bond acceptors (Lipinski definition) is 2. The second-order valence-electron chi connectivity index (χ2n) is 2.83. The van der Waals surface area contributed by atoms with Crippen LogP contribution in [0.1, 0.15) is 5.56 Å². The molecule has 0 atom stereocenters. The molecule has 0 spiro atoms. The van der Waals surface area contributed by atoms with Gasteiger partial charge < -0.3 is 10.1 Å². The molecule has 1 amide bonds. The third-order valence-electron chi connectivity index (χ3n) is 1.61. The van der Waals surface area contributed by atoms with E-state index in [1.807, 2.05) is 11.4 Å². The standard InChI is InChI=1S/C10H11F2NO2/c11-9(12)6-13-10(14)15-7-8-4-2-1-3-5-8/h1-5,9H,6-7H2,(H,13,14). The van der Waals surface area contributed by atoms with Crippen LogP contribution in [0.3, 0.4) is 0 Å². The highest BCUT2D eigenvalue weighted by Crippen LogP contribution is 2.00. The molecule has 1 rings (SSSR count). The number of amides is 1. The average molecular weight is 215 g/mol. The van der Waals surface area contributed by atoms with E-state index in [0.717, 1.165) is 5.56 Å². The number of alkyl carbamates (subject to hydrolysis) is 1. The van der Waals surface area contributed by atoms with Gasteiger partial charge in [0.25, 0.3) is 6.43 Å². The van der Waals surface area contributed by atoms with Gasteiger partial charge in [-0.2, -0.15) is 0 Å². The predicted molar refractivity (Wildman–Crippen MR) is 50.6 cm³/mol. The van der Waals surface area contributed by atoms with E-state index >= 15 is 0 Å². The first-order valence-electron chi connectivity index (χ1n) is 4.41. The van der Waals surface area contributed by atoms with E-state index in [2.05, 4.69) is 0 Å². The van der Waals surface area contributed by atoms with Crippen molar-refractivity contribution < 1.29 is 18.3 Å². The molecule has 5 heteroatoms. The van der Waals surface area contributed by atoms with Crippen LogP contribution in [-0.4, -0.2) is 19.1 Å². The Labute approximate surface area is 86.0 Å². The van der Waals surface area contributed by atoms with Gasteiger partial charge in [0.1, 0.15) is 6.61 Å². The molecular weight excluding hydrogens is 204 g/mol. The number of ether oxygens (including phenoxy) is 1. The fourth-order valence-electron chi connectivity index (χ4n) is 0.935. The fourth-order valence-corrected chi connectivity index (χ4v) is 0.935. The number of halogens is 2. The van der Waals surface area contributed by atoms with Crippen LogP contribution >= 0.6 is 0 Å². The number of hydrogen-bond donors (Lipinski definition) is 1. The van der Waals surface area contributed by atoms with Gasteiger partial charge >= 0.3 is 6.09 Å². The van der Waals surface area contributed by atoms with E-state index in [1.54, 1.807) is 24.3 Å². The number of alkyl halides is 2. The van der Waals surface area contributed by atoms with Gasteiger partial charge in [-0.15, -0.1) is 0 Å². The van der Waals surface area contributed by atoms with E-state index in [-0.39, 0.29) is 6.61 Å². The number of carbonyl (C=O) groups excluding carboxylic acids is 1. The van der Waals surface area contributed by atoms with E-state index in [4.69, 9.17) is 4.74 Å². The summed E-state index contributed by atoms with van der Waals surface area (Å²) in [6.45, 7) is -0.608. The van der Waals surface area contributed by atoms with Crippen molar-refractivity contribution in [1.29, 1.82) is 0 Å². The smallest absolute Gasteiger partial charge is 0.407 e. The SMILES string of the molecule is O=C(NCC(F)F)OCc1ccccc1. The number of rotatable bonds is 4. The van der Waals surface area contributed by atoms with Crippen LogP contribution < -0.4 is 5.32 Å². The number of carbonyl (C=O) groups is 1. The molecule has 0 bridgehead atoms. The highest BCUT2D eigenvalue weighted by molar-refractivity contribution is 5.67. The molecule has 0 aliphatic rings. The van der Waals surface area contributed by atoms with Crippen LogP contribution in [0.2, 0.25) is 0 Å². The van der Waals surface area contributed by atoms with Gasteiger partial charge in [0.05, 0.1) is 6.54 Å². The monoisotopic (exact) mass is 215 g/mol. The maximum atomic E-state index is 11.7. The quantitative estimate of drug-likeness (QED) is 0.835. The summed E-state index contributed by atoms with van der Waals surface area (Å²) in [5.74, 6) is 0. The first-order chi connectivity index (χ1) is 7.18.